The van der Waals surface area contributed by atoms with Gasteiger partial charge in [-0.15, -0.1) is 0 Å². The number of hydrogen-bond acceptors (Lipinski definition) is 3. The maximum absolute atomic E-state index is 9.23. The van der Waals surface area contributed by atoms with E-state index >= 15 is 0 Å². The van der Waals surface area contributed by atoms with Gasteiger partial charge in [0, 0.05) is 18.7 Å². The van der Waals surface area contributed by atoms with Gasteiger partial charge in [-0.05, 0) is 39.0 Å². The topological polar surface area (TPSA) is 41.5 Å². The molecule has 0 amide bonds. The highest BCUT2D eigenvalue weighted by Crippen LogP contribution is 2.29. The first kappa shape index (κ1) is 11.4. The van der Waals surface area contributed by atoms with E-state index in [0.717, 1.165) is 38.7 Å². The lowest BCUT2D eigenvalue weighted by molar-refractivity contribution is -0.0821. The maximum atomic E-state index is 9.23. The van der Waals surface area contributed by atoms with Gasteiger partial charge in [0.25, 0.3) is 0 Å². The van der Waals surface area contributed by atoms with Crippen LogP contribution in [0.1, 0.15) is 46.0 Å². The van der Waals surface area contributed by atoms with Crippen LogP contribution in [0.4, 0.5) is 0 Å². The first-order valence-electron chi connectivity index (χ1n) is 6.19. The van der Waals surface area contributed by atoms with E-state index in [0.29, 0.717) is 12.1 Å². The van der Waals surface area contributed by atoms with Crippen LogP contribution in [0, 0.1) is 0 Å². The molecule has 2 N–H and O–H groups in total. The molecule has 3 heteroatoms. The molecule has 1 saturated carbocycles. The average Bonchev–Trinajstić information content (AvgIpc) is 2.16. The monoisotopic (exact) mass is 213 g/mol. The molecule has 3 nitrogen and oxygen atoms in total. The highest BCUT2D eigenvalue weighted by Gasteiger charge is 2.35. The third-order valence-corrected chi connectivity index (χ3v) is 3.93. The Morgan fingerprint density at radius 1 is 1.40 bits per heavy atom. The molecular weight excluding hydrogens is 190 g/mol. The van der Waals surface area contributed by atoms with Crippen LogP contribution in [-0.2, 0) is 4.74 Å². The summed E-state index contributed by atoms with van der Waals surface area (Å²) in [6, 6.07) is 1.13. The second-order valence-electron chi connectivity index (χ2n) is 5.33. The first-order valence-corrected chi connectivity index (χ1v) is 6.19. The molecule has 15 heavy (non-hydrogen) atoms. The van der Waals surface area contributed by atoms with Crippen LogP contribution in [0.2, 0.25) is 0 Å². The van der Waals surface area contributed by atoms with Crippen LogP contribution in [-0.4, -0.2) is 35.5 Å². The van der Waals surface area contributed by atoms with E-state index in [1.807, 2.05) is 0 Å². The molecule has 2 aliphatic rings. The van der Waals surface area contributed by atoms with Gasteiger partial charge in [-0.25, -0.2) is 0 Å². The number of aliphatic hydroxyl groups excluding tert-OH is 1. The van der Waals surface area contributed by atoms with E-state index in [1.54, 1.807) is 0 Å². The van der Waals surface area contributed by atoms with Gasteiger partial charge < -0.3 is 15.2 Å². The first-order chi connectivity index (χ1) is 7.11. The van der Waals surface area contributed by atoms with Crippen molar-refractivity contribution in [3.63, 3.8) is 0 Å². The van der Waals surface area contributed by atoms with E-state index in [1.165, 1.54) is 0 Å². The molecule has 2 unspecified atom stereocenters. The lowest BCUT2D eigenvalue weighted by Crippen LogP contribution is -2.53. The Morgan fingerprint density at radius 2 is 2.13 bits per heavy atom. The van der Waals surface area contributed by atoms with Gasteiger partial charge in [-0.2, -0.15) is 0 Å². The number of ether oxygens (including phenoxy) is 1. The Bertz CT molecular complexity index is 216. The third kappa shape index (κ3) is 2.71. The standard InChI is InChI=1S/C12H23NO2/c1-3-12(2)8-9(4-5-15-12)13-10-6-11(14)7-10/h9-11,13-14H,3-8H2,1-2H3. The summed E-state index contributed by atoms with van der Waals surface area (Å²) in [5, 5.41) is 12.9. The molecule has 0 bridgehead atoms. The quantitative estimate of drug-likeness (QED) is 0.745. The lowest BCUT2D eigenvalue weighted by atomic mass is 9.85. The summed E-state index contributed by atoms with van der Waals surface area (Å²) in [6.07, 6.45) is 5.11. The summed E-state index contributed by atoms with van der Waals surface area (Å²) in [4.78, 5) is 0. The molecule has 0 aromatic carbocycles. The van der Waals surface area contributed by atoms with Crippen molar-refractivity contribution in [3.8, 4) is 0 Å². The molecule has 1 aliphatic heterocycles. The number of aliphatic hydroxyl groups is 1. The van der Waals surface area contributed by atoms with Crippen molar-refractivity contribution in [3.05, 3.63) is 0 Å². The summed E-state index contributed by atoms with van der Waals surface area (Å²) in [5.74, 6) is 0. The largest absolute Gasteiger partial charge is 0.393 e. The minimum Gasteiger partial charge on any atom is -0.393 e. The summed E-state index contributed by atoms with van der Waals surface area (Å²) in [7, 11) is 0. The molecule has 2 rings (SSSR count). The fraction of sp³-hybridized carbons (Fsp3) is 1.00. The minimum atomic E-state index is -0.0556. The van der Waals surface area contributed by atoms with E-state index in [9.17, 15) is 5.11 Å². The van der Waals surface area contributed by atoms with Gasteiger partial charge in [-0.3, -0.25) is 0 Å². The zero-order chi connectivity index (χ0) is 10.9. The number of hydrogen-bond donors (Lipinski definition) is 2. The molecule has 1 aliphatic carbocycles. The Labute approximate surface area is 92.2 Å². The Hall–Kier alpha value is -0.120. The van der Waals surface area contributed by atoms with E-state index in [4.69, 9.17) is 4.74 Å². The van der Waals surface area contributed by atoms with E-state index < -0.39 is 0 Å². The van der Waals surface area contributed by atoms with E-state index in [-0.39, 0.29) is 11.7 Å². The van der Waals surface area contributed by atoms with Crippen molar-refractivity contribution in [1.82, 2.24) is 5.32 Å². The summed E-state index contributed by atoms with van der Waals surface area (Å²) in [5.41, 5.74) is 0.0677. The molecule has 88 valence electrons. The lowest BCUT2D eigenvalue weighted by Gasteiger charge is -2.42. The van der Waals surface area contributed by atoms with Gasteiger partial charge in [0.15, 0.2) is 0 Å². The summed E-state index contributed by atoms with van der Waals surface area (Å²) in [6.45, 7) is 5.27. The molecule has 1 heterocycles. The van der Waals surface area contributed by atoms with Gasteiger partial charge in [0.05, 0.1) is 11.7 Å². The van der Waals surface area contributed by atoms with Crippen molar-refractivity contribution in [1.29, 1.82) is 0 Å². The fourth-order valence-electron chi connectivity index (χ4n) is 2.58. The van der Waals surface area contributed by atoms with Crippen molar-refractivity contribution in [2.75, 3.05) is 6.61 Å². The van der Waals surface area contributed by atoms with Crippen LogP contribution in [0.15, 0.2) is 0 Å². The van der Waals surface area contributed by atoms with Crippen LogP contribution < -0.4 is 5.32 Å². The van der Waals surface area contributed by atoms with E-state index in [2.05, 4.69) is 19.2 Å². The van der Waals surface area contributed by atoms with Crippen LogP contribution in [0.25, 0.3) is 0 Å². The molecule has 0 spiro atoms. The highest BCUT2D eigenvalue weighted by atomic mass is 16.5. The summed E-state index contributed by atoms with van der Waals surface area (Å²) >= 11 is 0. The Morgan fingerprint density at radius 3 is 2.73 bits per heavy atom. The molecule has 2 fully saturated rings. The number of nitrogens with one attached hydrogen (secondary N) is 1. The van der Waals surface area contributed by atoms with Crippen molar-refractivity contribution >= 4 is 0 Å². The van der Waals surface area contributed by atoms with Crippen LogP contribution in [0.3, 0.4) is 0 Å². The highest BCUT2D eigenvalue weighted by molar-refractivity contribution is 4.91. The molecular formula is C12H23NO2. The fourth-order valence-corrected chi connectivity index (χ4v) is 2.58. The second kappa shape index (κ2) is 4.40. The van der Waals surface area contributed by atoms with Crippen molar-refractivity contribution in [2.24, 2.45) is 0 Å². The molecule has 2 atom stereocenters. The molecule has 0 radical (unpaired) electrons. The SMILES string of the molecule is CCC1(C)CC(NC2CC(O)C2)CCO1. The molecule has 1 saturated heterocycles. The second-order valence-corrected chi connectivity index (χ2v) is 5.33. The smallest absolute Gasteiger partial charge is 0.0666 e. The zero-order valence-corrected chi connectivity index (χ0v) is 9.83. The van der Waals surface area contributed by atoms with Gasteiger partial charge in [0.2, 0.25) is 0 Å². The maximum Gasteiger partial charge on any atom is 0.0666 e. The predicted molar refractivity (Wildman–Crippen MR) is 59.8 cm³/mol. The summed E-state index contributed by atoms with van der Waals surface area (Å²) < 4.78 is 5.81. The Kier molecular flexibility index (Phi) is 3.33. The molecule has 0 aromatic heterocycles. The molecule has 0 aromatic rings. The predicted octanol–water partition coefficient (Wildman–Crippen LogP) is 1.45. The average molecular weight is 213 g/mol. The minimum absolute atomic E-state index is 0.0556. The van der Waals surface area contributed by atoms with Gasteiger partial charge in [0.1, 0.15) is 0 Å². The Balaban J connectivity index is 1.78. The number of rotatable bonds is 3. The van der Waals surface area contributed by atoms with Gasteiger partial charge in [-0.1, -0.05) is 6.92 Å². The van der Waals surface area contributed by atoms with Gasteiger partial charge >= 0.3 is 0 Å². The van der Waals surface area contributed by atoms with Crippen molar-refractivity contribution in [2.45, 2.75) is 69.7 Å². The van der Waals surface area contributed by atoms with Crippen molar-refractivity contribution < 1.29 is 9.84 Å². The van der Waals surface area contributed by atoms with Crippen LogP contribution in [0.5, 0.6) is 0 Å². The zero-order valence-electron chi connectivity index (χ0n) is 9.83. The normalized spacial score (nSPS) is 46.2. The van der Waals surface area contributed by atoms with Crippen LogP contribution >= 0.6 is 0 Å². The third-order valence-electron chi connectivity index (χ3n) is 3.93.